The standard InChI is InChI=1S/C41H46N14O2/c1-26(18-42)48-33-17-37(55-39-31(21-47-55)16-29(19-43)20-46-39)45-23-35(33)54-25-34(50-51-54)30-6-4-28(5-7-30)11-13-52-14-15-53(27(2)24-52)36-9-8-32(22-44-36)41(3)12-10-38(56)49-40(41)57/h8-9,16-17,20-23,25-28,30H,4-7,10-15,24H2,1-3H3,(H,45,48)(H,49,56,57)/t26-,27+,28?,30?,41-/m1/s1. The van der Waals surface area contributed by atoms with Gasteiger partial charge in [-0.15, -0.1) is 5.10 Å². The highest BCUT2D eigenvalue weighted by molar-refractivity contribution is 6.03. The maximum absolute atomic E-state index is 12.6. The van der Waals surface area contributed by atoms with Gasteiger partial charge in [-0.05, 0) is 89.5 Å². The van der Waals surface area contributed by atoms with Crippen molar-refractivity contribution in [1.82, 2.24) is 49.9 Å². The van der Waals surface area contributed by atoms with Crippen LogP contribution in [0.25, 0.3) is 22.5 Å². The van der Waals surface area contributed by atoms with E-state index in [1.807, 2.05) is 31.3 Å². The number of piperazine rings is 1. The zero-order valence-corrected chi connectivity index (χ0v) is 32.5. The molecule has 292 valence electrons. The quantitative estimate of drug-likeness (QED) is 0.188. The second kappa shape index (κ2) is 15.7. The van der Waals surface area contributed by atoms with Crippen LogP contribution in [0.5, 0.6) is 0 Å². The van der Waals surface area contributed by atoms with Gasteiger partial charge in [0.15, 0.2) is 11.5 Å². The molecule has 16 heteroatoms. The average Bonchev–Trinajstić information content (AvgIpc) is 3.90. The Labute approximate surface area is 330 Å². The molecular formula is C41H46N14O2. The molecule has 5 aromatic rings. The zero-order chi connectivity index (χ0) is 39.7. The lowest BCUT2D eigenvalue weighted by Crippen LogP contribution is -2.52. The fourth-order valence-electron chi connectivity index (χ4n) is 8.50. The Bertz CT molecular complexity index is 2370. The SMILES string of the molecule is C[C@H](C#N)Nc1cc(-n2ncc3cc(C#N)cnc32)ncc1-n1cc(C2CCC(CCN3CCN(c4ccc([C@@]5(C)CCC(=O)NC5=O)cn4)[C@@H](C)C3)CC2)nn1. The summed E-state index contributed by atoms with van der Waals surface area (Å²) in [7, 11) is 0. The molecule has 2 saturated heterocycles. The summed E-state index contributed by atoms with van der Waals surface area (Å²) in [5.41, 5.74) is 3.43. The molecule has 3 aliphatic rings. The minimum Gasteiger partial charge on any atom is -0.368 e. The van der Waals surface area contributed by atoms with Crippen LogP contribution in [0.3, 0.4) is 0 Å². The van der Waals surface area contributed by atoms with Crippen LogP contribution in [0.2, 0.25) is 0 Å². The van der Waals surface area contributed by atoms with Crippen molar-refractivity contribution in [3.05, 3.63) is 72.1 Å². The topological polar surface area (TPSA) is 199 Å². The van der Waals surface area contributed by atoms with Gasteiger partial charge in [0, 0.05) is 61.9 Å². The number of hydrogen-bond donors (Lipinski definition) is 2. The molecule has 2 amide bonds. The van der Waals surface area contributed by atoms with Crippen LogP contribution >= 0.6 is 0 Å². The second-order valence-electron chi connectivity index (χ2n) is 15.9. The van der Waals surface area contributed by atoms with E-state index in [9.17, 15) is 20.1 Å². The molecule has 1 aliphatic carbocycles. The number of aromatic nitrogens is 8. The number of nitrogens with one attached hydrogen (secondary N) is 2. The van der Waals surface area contributed by atoms with Crippen LogP contribution in [-0.4, -0.2) is 94.7 Å². The summed E-state index contributed by atoms with van der Waals surface area (Å²) in [5, 5.41) is 38.9. The van der Waals surface area contributed by atoms with Gasteiger partial charge in [0.1, 0.15) is 23.6 Å². The van der Waals surface area contributed by atoms with Crippen molar-refractivity contribution in [3.63, 3.8) is 0 Å². The lowest BCUT2D eigenvalue weighted by molar-refractivity contribution is -0.137. The van der Waals surface area contributed by atoms with Crippen LogP contribution < -0.4 is 15.5 Å². The molecule has 3 fully saturated rings. The zero-order valence-electron chi connectivity index (χ0n) is 32.5. The van der Waals surface area contributed by atoms with E-state index in [0.717, 1.165) is 74.3 Å². The average molecular weight is 767 g/mol. The van der Waals surface area contributed by atoms with E-state index in [2.05, 4.69) is 64.9 Å². The first-order valence-electron chi connectivity index (χ1n) is 19.7. The fraction of sp³-hybridized carbons (Fsp3) is 0.463. The molecular weight excluding hydrogens is 721 g/mol. The van der Waals surface area contributed by atoms with Crippen molar-refractivity contribution < 1.29 is 9.59 Å². The third-order valence-corrected chi connectivity index (χ3v) is 12.1. The first-order chi connectivity index (χ1) is 27.6. The molecule has 3 atom stereocenters. The highest BCUT2D eigenvalue weighted by Gasteiger charge is 2.40. The van der Waals surface area contributed by atoms with Gasteiger partial charge >= 0.3 is 0 Å². The number of carbonyl (C=O) groups is 2. The molecule has 1 saturated carbocycles. The lowest BCUT2D eigenvalue weighted by Gasteiger charge is -2.41. The Hall–Kier alpha value is -6.26. The molecule has 7 heterocycles. The number of amides is 2. The van der Waals surface area contributed by atoms with Crippen LogP contribution in [0, 0.1) is 28.6 Å². The smallest absolute Gasteiger partial charge is 0.236 e. The molecule has 0 bridgehead atoms. The van der Waals surface area contributed by atoms with Gasteiger partial charge in [-0.2, -0.15) is 20.3 Å². The normalized spacial score (nSPS) is 23.5. The largest absolute Gasteiger partial charge is 0.368 e. The number of fused-ring (bicyclic) bond motifs is 1. The maximum atomic E-state index is 12.6. The monoisotopic (exact) mass is 766 g/mol. The summed E-state index contributed by atoms with van der Waals surface area (Å²) in [6, 6.07) is 11.7. The summed E-state index contributed by atoms with van der Waals surface area (Å²) in [6.07, 6.45) is 15.1. The van der Waals surface area contributed by atoms with Gasteiger partial charge in [0.25, 0.3) is 0 Å². The van der Waals surface area contributed by atoms with Crippen molar-refractivity contribution in [1.29, 1.82) is 10.5 Å². The fourth-order valence-corrected chi connectivity index (χ4v) is 8.50. The van der Waals surface area contributed by atoms with Crippen LogP contribution in [0.4, 0.5) is 11.5 Å². The highest BCUT2D eigenvalue weighted by Crippen LogP contribution is 2.37. The minimum absolute atomic E-state index is 0.213. The minimum atomic E-state index is -0.740. The van der Waals surface area contributed by atoms with Crippen LogP contribution in [0.1, 0.15) is 88.5 Å². The van der Waals surface area contributed by atoms with E-state index >= 15 is 0 Å². The molecule has 2 aliphatic heterocycles. The number of anilines is 2. The number of nitrogens with zero attached hydrogens (tertiary/aromatic N) is 12. The third kappa shape index (κ3) is 7.65. The summed E-state index contributed by atoms with van der Waals surface area (Å²) in [4.78, 5) is 43.1. The van der Waals surface area contributed by atoms with Gasteiger partial charge < -0.3 is 10.2 Å². The molecule has 2 N–H and O–H groups in total. The van der Waals surface area contributed by atoms with Crippen LogP contribution in [-0.2, 0) is 15.0 Å². The summed E-state index contributed by atoms with van der Waals surface area (Å²) in [5.74, 6) is 1.98. The van der Waals surface area contributed by atoms with Gasteiger partial charge in [0.2, 0.25) is 11.8 Å². The van der Waals surface area contributed by atoms with Crippen molar-refractivity contribution in [2.24, 2.45) is 5.92 Å². The Kier molecular flexibility index (Phi) is 10.4. The second-order valence-corrected chi connectivity index (χ2v) is 15.9. The molecule has 0 unspecified atom stereocenters. The first-order valence-corrected chi connectivity index (χ1v) is 19.7. The third-order valence-electron chi connectivity index (χ3n) is 12.1. The predicted molar refractivity (Wildman–Crippen MR) is 212 cm³/mol. The van der Waals surface area contributed by atoms with Gasteiger partial charge in [-0.25, -0.2) is 19.6 Å². The number of hydrogen-bond acceptors (Lipinski definition) is 13. The van der Waals surface area contributed by atoms with Crippen molar-refractivity contribution in [2.45, 2.75) is 89.1 Å². The Morgan fingerprint density at radius 2 is 1.84 bits per heavy atom. The van der Waals surface area contributed by atoms with Gasteiger partial charge in [-0.3, -0.25) is 19.8 Å². The number of nitriles is 2. The molecule has 57 heavy (non-hydrogen) atoms. The summed E-state index contributed by atoms with van der Waals surface area (Å²) in [6.45, 7) is 9.85. The molecule has 8 rings (SSSR count). The van der Waals surface area contributed by atoms with E-state index in [0.29, 0.717) is 59.1 Å². The van der Waals surface area contributed by atoms with E-state index < -0.39 is 11.5 Å². The first kappa shape index (κ1) is 37.7. The van der Waals surface area contributed by atoms with Crippen LogP contribution in [0.15, 0.2) is 55.2 Å². The van der Waals surface area contributed by atoms with Crippen molar-refractivity contribution in [3.8, 4) is 23.6 Å². The Balaban J connectivity index is 0.849. The number of rotatable bonds is 10. The number of piperidine rings is 1. The summed E-state index contributed by atoms with van der Waals surface area (Å²) >= 11 is 0. The van der Waals surface area contributed by atoms with Gasteiger partial charge in [-0.1, -0.05) is 11.3 Å². The van der Waals surface area contributed by atoms with Crippen molar-refractivity contribution in [2.75, 3.05) is 36.4 Å². The molecule has 5 aromatic heterocycles. The van der Waals surface area contributed by atoms with E-state index in [1.165, 1.54) is 12.6 Å². The molecule has 0 aromatic carbocycles. The maximum Gasteiger partial charge on any atom is 0.236 e. The lowest BCUT2D eigenvalue weighted by atomic mass is 9.76. The van der Waals surface area contributed by atoms with Gasteiger partial charge in [0.05, 0.1) is 47.0 Å². The number of pyridine rings is 3. The Morgan fingerprint density at radius 3 is 2.58 bits per heavy atom. The highest BCUT2D eigenvalue weighted by atomic mass is 16.2. The van der Waals surface area contributed by atoms with E-state index in [-0.39, 0.29) is 11.8 Å². The van der Waals surface area contributed by atoms with E-state index in [4.69, 9.17) is 4.98 Å². The number of carbonyl (C=O) groups excluding carboxylic acids is 2. The predicted octanol–water partition coefficient (Wildman–Crippen LogP) is 4.56. The Morgan fingerprint density at radius 1 is 1.02 bits per heavy atom. The van der Waals surface area contributed by atoms with E-state index in [1.54, 1.807) is 40.9 Å². The molecule has 0 spiro atoms. The number of imide groups is 1. The molecule has 0 radical (unpaired) electrons. The van der Waals surface area contributed by atoms with Crippen molar-refractivity contribution >= 4 is 34.4 Å². The summed E-state index contributed by atoms with van der Waals surface area (Å²) < 4.78 is 3.34. The molecule has 16 nitrogen and oxygen atoms in total.